The maximum absolute atomic E-state index is 13.2. The van der Waals surface area contributed by atoms with Crippen molar-refractivity contribution in [3.8, 4) is 0 Å². The van der Waals surface area contributed by atoms with E-state index in [1.807, 2.05) is 0 Å². The summed E-state index contributed by atoms with van der Waals surface area (Å²) in [7, 11) is -3.79. The fourth-order valence-electron chi connectivity index (χ4n) is 1.30. The first-order valence-corrected chi connectivity index (χ1v) is 6.21. The summed E-state index contributed by atoms with van der Waals surface area (Å²) in [6, 6.07) is 3.06. The Kier molecular flexibility index (Phi) is 3.58. The van der Waals surface area contributed by atoms with E-state index in [0.29, 0.717) is 6.42 Å². The van der Waals surface area contributed by atoms with Gasteiger partial charge in [-0.1, -0.05) is 13.0 Å². The third-order valence-corrected chi connectivity index (χ3v) is 3.89. The molecule has 7 heteroatoms. The van der Waals surface area contributed by atoms with Crippen molar-refractivity contribution in [3.05, 3.63) is 34.1 Å². The van der Waals surface area contributed by atoms with Gasteiger partial charge in [0.25, 0.3) is 0 Å². The monoisotopic (exact) mass is 247 g/mol. The molecule has 88 valence electrons. The third kappa shape index (κ3) is 2.35. The molecule has 0 saturated heterocycles. The van der Waals surface area contributed by atoms with E-state index in [2.05, 4.69) is 0 Å². The number of nitrogens with zero attached hydrogens (tertiary/aromatic N) is 1. The first kappa shape index (κ1) is 12.6. The lowest BCUT2D eigenvalue weighted by Crippen LogP contribution is -2.09. The van der Waals surface area contributed by atoms with Crippen molar-refractivity contribution in [1.82, 2.24) is 0 Å². The summed E-state index contributed by atoms with van der Waals surface area (Å²) in [5.74, 6) is -1.38. The predicted octanol–water partition coefficient (Wildman–Crippen LogP) is 1.92. The number of para-hydroxylation sites is 1. The minimum Gasteiger partial charge on any atom is -0.258 e. The summed E-state index contributed by atoms with van der Waals surface area (Å²) >= 11 is 0. The smallest absolute Gasteiger partial charge is 0.258 e. The molecule has 0 aromatic heterocycles. The largest absolute Gasteiger partial charge is 0.323 e. The first-order valence-electron chi connectivity index (χ1n) is 4.55. The molecule has 0 amide bonds. The van der Waals surface area contributed by atoms with Crippen LogP contribution in [0.2, 0.25) is 0 Å². The van der Waals surface area contributed by atoms with E-state index < -0.39 is 31.2 Å². The minimum atomic E-state index is -3.79. The van der Waals surface area contributed by atoms with Gasteiger partial charge in [-0.25, -0.2) is 8.42 Å². The van der Waals surface area contributed by atoms with Crippen LogP contribution in [-0.2, 0) is 9.84 Å². The van der Waals surface area contributed by atoms with Crippen LogP contribution in [0.3, 0.4) is 0 Å². The Morgan fingerprint density at radius 1 is 1.44 bits per heavy atom. The van der Waals surface area contributed by atoms with Crippen molar-refractivity contribution in [3.63, 3.8) is 0 Å². The summed E-state index contributed by atoms with van der Waals surface area (Å²) < 4.78 is 36.4. The van der Waals surface area contributed by atoms with Crippen LogP contribution in [0.5, 0.6) is 0 Å². The van der Waals surface area contributed by atoms with Crippen molar-refractivity contribution in [2.45, 2.75) is 18.2 Å². The van der Waals surface area contributed by atoms with Gasteiger partial charge in [0, 0.05) is 0 Å². The number of sulfone groups is 1. The lowest BCUT2D eigenvalue weighted by molar-refractivity contribution is -0.390. The van der Waals surface area contributed by atoms with E-state index in [1.165, 1.54) is 0 Å². The molecule has 0 N–H and O–H groups in total. The Morgan fingerprint density at radius 2 is 2.06 bits per heavy atom. The molecular formula is C9H10FNO4S. The van der Waals surface area contributed by atoms with Crippen LogP contribution >= 0.6 is 0 Å². The Hall–Kier alpha value is -1.50. The molecule has 0 aliphatic carbocycles. The highest BCUT2D eigenvalue weighted by Gasteiger charge is 2.28. The second-order valence-corrected chi connectivity index (χ2v) is 5.24. The Bertz CT molecular complexity index is 512. The number of hydrogen-bond donors (Lipinski definition) is 0. The van der Waals surface area contributed by atoms with Crippen LogP contribution in [0, 0.1) is 15.9 Å². The molecule has 0 fully saturated rings. The Morgan fingerprint density at radius 3 is 2.56 bits per heavy atom. The maximum atomic E-state index is 13.2. The number of nitro groups is 1. The molecule has 0 aliphatic rings. The summed E-state index contributed by atoms with van der Waals surface area (Å²) in [4.78, 5) is 9.02. The Balaban J connectivity index is 3.46. The van der Waals surface area contributed by atoms with Gasteiger partial charge >= 0.3 is 5.69 Å². The molecular weight excluding hydrogens is 237 g/mol. The summed E-state index contributed by atoms with van der Waals surface area (Å²) in [6.45, 7) is 1.63. The zero-order chi connectivity index (χ0) is 12.3. The molecule has 1 aromatic rings. The summed E-state index contributed by atoms with van der Waals surface area (Å²) in [6.07, 6.45) is 0.315. The van der Waals surface area contributed by atoms with Crippen molar-refractivity contribution in [1.29, 1.82) is 0 Å². The fraction of sp³-hybridized carbons (Fsp3) is 0.333. The van der Waals surface area contributed by atoms with E-state index >= 15 is 0 Å². The molecule has 1 rings (SSSR count). The third-order valence-electron chi connectivity index (χ3n) is 1.94. The van der Waals surface area contributed by atoms with Crippen molar-refractivity contribution in [2.75, 3.05) is 5.75 Å². The Labute approximate surface area is 92.0 Å². The molecule has 0 spiro atoms. The molecule has 0 atom stereocenters. The lowest BCUT2D eigenvalue weighted by Gasteiger charge is -2.04. The van der Waals surface area contributed by atoms with Gasteiger partial charge in [0.2, 0.25) is 5.82 Å². The lowest BCUT2D eigenvalue weighted by atomic mass is 10.3. The molecule has 0 saturated carbocycles. The van der Waals surface area contributed by atoms with Crippen LogP contribution in [0.15, 0.2) is 23.1 Å². The topological polar surface area (TPSA) is 77.3 Å². The maximum Gasteiger partial charge on any atom is 0.323 e. The second-order valence-electron chi connectivity index (χ2n) is 3.16. The molecule has 0 unspecified atom stereocenters. The molecule has 16 heavy (non-hydrogen) atoms. The van der Waals surface area contributed by atoms with Crippen LogP contribution in [0.4, 0.5) is 10.1 Å². The molecule has 0 aliphatic heterocycles. The average Bonchev–Trinajstić information content (AvgIpc) is 2.16. The van der Waals surface area contributed by atoms with Gasteiger partial charge in [0.05, 0.1) is 10.7 Å². The van der Waals surface area contributed by atoms with E-state index in [9.17, 15) is 22.9 Å². The van der Waals surface area contributed by atoms with Gasteiger partial charge in [-0.05, 0) is 18.6 Å². The van der Waals surface area contributed by atoms with Crippen molar-refractivity contribution < 1.29 is 17.7 Å². The zero-order valence-corrected chi connectivity index (χ0v) is 9.33. The molecule has 5 nitrogen and oxygen atoms in total. The normalized spacial score (nSPS) is 11.4. The zero-order valence-electron chi connectivity index (χ0n) is 8.51. The van der Waals surface area contributed by atoms with Crippen LogP contribution < -0.4 is 0 Å². The standard InChI is InChI=1S/C9H10FNO4S/c1-2-6-16(14,15)8-5-3-4-7(10)9(8)11(12)13/h3-5H,2,6H2,1H3. The van der Waals surface area contributed by atoms with E-state index in [-0.39, 0.29) is 5.75 Å². The van der Waals surface area contributed by atoms with Gasteiger partial charge in [0.1, 0.15) is 4.90 Å². The minimum absolute atomic E-state index is 0.239. The van der Waals surface area contributed by atoms with Crippen LogP contribution in [-0.4, -0.2) is 19.1 Å². The number of halogens is 1. The molecule has 0 radical (unpaired) electrons. The van der Waals surface area contributed by atoms with Crippen LogP contribution in [0.25, 0.3) is 0 Å². The van der Waals surface area contributed by atoms with Gasteiger partial charge in [-0.2, -0.15) is 4.39 Å². The van der Waals surface area contributed by atoms with E-state index in [1.54, 1.807) is 6.92 Å². The first-order chi connectivity index (χ1) is 7.40. The van der Waals surface area contributed by atoms with Gasteiger partial charge in [-0.3, -0.25) is 10.1 Å². The summed E-state index contributed by atoms with van der Waals surface area (Å²) in [5, 5.41) is 10.6. The van der Waals surface area contributed by atoms with Crippen molar-refractivity contribution >= 4 is 15.5 Å². The molecule has 0 heterocycles. The molecule has 0 bridgehead atoms. The summed E-state index contributed by atoms with van der Waals surface area (Å²) in [5.41, 5.74) is -0.976. The number of nitro benzene ring substituents is 1. The SMILES string of the molecule is CCCS(=O)(=O)c1cccc(F)c1[N+](=O)[O-]. The highest BCUT2D eigenvalue weighted by atomic mass is 32.2. The van der Waals surface area contributed by atoms with Gasteiger partial charge in [-0.15, -0.1) is 0 Å². The van der Waals surface area contributed by atoms with Gasteiger partial charge in [0.15, 0.2) is 9.84 Å². The van der Waals surface area contributed by atoms with E-state index in [0.717, 1.165) is 18.2 Å². The highest BCUT2D eigenvalue weighted by molar-refractivity contribution is 7.91. The van der Waals surface area contributed by atoms with E-state index in [4.69, 9.17) is 0 Å². The van der Waals surface area contributed by atoms with Gasteiger partial charge < -0.3 is 0 Å². The predicted molar refractivity (Wildman–Crippen MR) is 55.4 cm³/mol. The number of benzene rings is 1. The highest BCUT2D eigenvalue weighted by Crippen LogP contribution is 2.27. The number of hydrogen-bond acceptors (Lipinski definition) is 4. The number of rotatable bonds is 4. The average molecular weight is 247 g/mol. The van der Waals surface area contributed by atoms with Crippen LogP contribution in [0.1, 0.15) is 13.3 Å². The molecule has 1 aromatic carbocycles. The fourth-order valence-corrected chi connectivity index (χ4v) is 2.81. The second kappa shape index (κ2) is 4.56. The quantitative estimate of drug-likeness (QED) is 0.601. The van der Waals surface area contributed by atoms with Crippen molar-refractivity contribution in [2.24, 2.45) is 0 Å².